The van der Waals surface area contributed by atoms with Crippen molar-refractivity contribution in [1.29, 1.82) is 0 Å². The third kappa shape index (κ3) is 5.03. The first-order chi connectivity index (χ1) is 18.1. The first-order valence-electron chi connectivity index (χ1n) is 11.7. The molecular formula is C26H25ClN2O8S. The maximum atomic E-state index is 13.7. The molecule has 0 radical (unpaired) electrons. The normalized spacial score (nSPS) is 23.6. The highest BCUT2D eigenvalue weighted by Gasteiger charge is 2.69. The molecule has 0 saturated carbocycles. The van der Waals surface area contributed by atoms with Gasteiger partial charge in [0.15, 0.2) is 22.0 Å². The van der Waals surface area contributed by atoms with Crippen LogP contribution in [-0.4, -0.2) is 65.8 Å². The maximum absolute atomic E-state index is 13.7. The number of ether oxygens (including phenoxy) is 2. The van der Waals surface area contributed by atoms with Crippen LogP contribution in [0.5, 0.6) is 0 Å². The van der Waals surface area contributed by atoms with Gasteiger partial charge in [-0.05, 0) is 24.1 Å². The Morgan fingerprint density at radius 3 is 2.21 bits per heavy atom. The SMILES string of the molecule is C[C@]1(/C=C/COC(=O)NC(=O)CCl)[C@H](C(=O)OC(c2ccccc2)c2ccccc2)N2C(=O)C[C@H]2S1(=O)=O. The summed E-state index contributed by atoms with van der Waals surface area (Å²) in [4.78, 5) is 50.0. The lowest BCUT2D eigenvalue weighted by atomic mass is 9.95. The number of alkyl halides is 1. The first-order valence-corrected chi connectivity index (χ1v) is 13.7. The Hall–Kier alpha value is -3.70. The van der Waals surface area contributed by atoms with Crippen molar-refractivity contribution in [3.05, 3.63) is 83.9 Å². The fourth-order valence-corrected chi connectivity index (χ4v) is 6.94. The number of hydrogen-bond acceptors (Lipinski definition) is 8. The number of carbonyl (C=O) groups is 4. The molecule has 0 aromatic heterocycles. The van der Waals surface area contributed by atoms with Gasteiger partial charge in [0.25, 0.3) is 0 Å². The molecule has 2 heterocycles. The highest BCUT2D eigenvalue weighted by molar-refractivity contribution is 7.94. The Morgan fingerprint density at radius 1 is 1.11 bits per heavy atom. The zero-order chi connectivity index (χ0) is 27.5. The third-order valence-corrected chi connectivity index (χ3v) is 9.46. The van der Waals surface area contributed by atoms with Crippen LogP contribution in [0.3, 0.4) is 0 Å². The molecule has 2 fully saturated rings. The Labute approximate surface area is 224 Å². The molecule has 1 N–H and O–H groups in total. The number of β-lactam (4-membered cyclic amide) rings is 1. The summed E-state index contributed by atoms with van der Waals surface area (Å²) in [6.45, 7) is 0.928. The van der Waals surface area contributed by atoms with Gasteiger partial charge in [-0.1, -0.05) is 66.7 Å². The molecule has 3 atom stereocenters. The number of esters is 1. The number of amides is 3. The van der Waals surface area contributed by atoms with Crippen LogP contribution in [0.1, 0.15) is 30.6 Å². The van der Waals surface area contributed by atoms with E-state index in [1.807, 2.05) is 17.4 Å². The Morgan fingerprint density at radius 2 is 1.68 bits per heavy atom. The van der Waals surface area contributed by atoms with Gasteiger partial charge in [-0.3, -0.25) is 14.9 Å². The molecule has 2 aliphatic rings. The van der Waals surface area contributed by atoms with E-state index in [2.05, 4.69) is 0 Å². The number of carbonyl (C=O) groups excluding carboxylic acids is 4. The second-order valence-electron chi connectivity index (χ2n) is 8.91. The number of halogens is 1. The lowest BCUT2D eigenvalue weighted by Gasteiger charge is -2.36. The highest BCUT2D eigenvalue weighted by atomic mass is 35.5. The maximum Gasteiger partial charge on any atom is 0.414 e. The average Bonchev–Trinajstić information content (AvgIpc) is 3.05. The predicted octanol–water partition coefficient (Wildman–Crippen LogP) is 2.48. The fraction of sp³-hybridized carbons (Fsp3) is 0.308. The Bertz CT molecular complexity index is 1330. The van der Waals surface area contributed by atoms with E-state index in [4.69, 9.17) is 21.1 Å². The van der Waals surface area contributed by atoms with Crippen LogP contribution in [0, 0.1) is 0 Å². The van der Waals surface area contributed by atoms with E-state index in [0.717, 1.165) is 4.90 Å². The molecule has 0 aliphatic carbocycles. The van der Waals surface area contributed by atoms with Crippen molar-refractivity contribution in [1.82, 2.24) is 10.2 Å². The van der Waals surface area contributed by atoms with Crippen LogP contribution in [0.2, 0.25) is 0 Å². The van der Waals surface area contributed by atoms with Crippen LogP contribution in [0.15, 0.2) is 72.8 Å². The number of hydrogen-bond donors (Lipinski definition) is 1. The Kier molecular flexibility index (Phi) is 7.89. The number of fused-ring (bicyclic) bond motifs is 1. The van der Waals surface area contributed by atoms with Crippen molar-refractivity contribution in [3.8, 4) is 0 Å². The molecule has 3 amide bonds. The van der Waals surface area contributed by atoms with E-state index < -0.39 is 68.5 Å². The van der Waals surface area contributed by atoms with Crippen LogP contribution in [-0.2, 0) is 33.7 Å². The van der Waals surface area contributed by atoms with Gasteiger partial charge in [0.05, 0.1) is 6.42 Å². The van der Waals surface area contributed by atoms with Gasteiger partial charge in [0.1, 0.15) is 22.6 Å². The van der Waals surface area contributed by atoms with Crippen molar-refractivity contribution < 1.29 is 37.1 Å². The summed E-state index contributed by atoms with van der Waals surface area (Å²) < 4.78 is 35.8. The van der Waals surface area contributed by atoms with Gasteiger partial charge in [-0.2, -0.15) is 0 Å². The second-order valence-corrected chi connectivity index (χ2v) is 11.7. The number of rotatable bonds is 8. The van der Waals surface area contributed by atoms with Crippen molar-refractivity contribution in [2.75, 3.05) is 12.5 Å². The minimum absolute atomic E-state index is 0.240. The van der Waals surface area contributed by atoms with Gasteiger partial charge >= 0.3 is 12.1 Å². The number of nitrogens with one attached hydrogen (secondary N) is 1. The number of alkyl carbamates (subject to hydrolysis) is 1. The molecule has 38 heavy (non-hydrogen) atoms. The highest BCUT2D eigenvalue weighted by Crippen LogP contribution is 2.47. The molecule has 200 valence electrons. The van der Waals surface area contributed by atoms with Crippen molar-refractivity contribution in [2.24, 2.45) is 0 Å². The Balaban J connectivity index is 1.61. The van der Waals surface area contributed by atoms with Crippen molar-refractivity contribution in [2.45, 2.75) is 35.6 Å². The lowest BCUT2D eigenvalue weighted by Crippen LogP contribution is -2.57. The van der Waals surface area contributed by atoms with E-state index in [-0.39, 0.29) is 6.42 Å². The summed E-state index contributed by atoms with van der Waals surface area (Å²) in [6, 6.07) is 16.5. The van der Waals surface area contributed by atoms with E-state index in [0.29, 0.717) is 11.1 Å². The van der Waals surface area contributed by atoms with E-state index in [9.17, 15) is 27.6 Å². The zero-order valence-electron chi connectivity index (χ0n) is 20.3. The number of benzene rings is 2. The van der Waals surface area contributed by atoms with Gasteiger partial charge < -0.3 is 14.4 Å². The van der Waals surface area contributed by atoms with Crippen LogP contribution in [0.4, 0.5) is 4.79 Å². The molecule has 0 bridgehead atoms. The average molecular weight is 561 g/mol. The number of nitrogens with zero attached hydrogens (tertiary/aromatic N) is 1. The molecule has 0 unspecified atom stereocenters. The minimum Gasteiger partial charge on any atom is -0.451 e. The summed E-state index contributed by atoms with van der Waals surface area (Å²) in [5.41, 5.74) is 1.34. The summed E-state index contributed by atoms with van der Waals surface area (Å²) in [5, 5.41) is 0.715. The molecule has 10 nitrogen and oxygen atoms in total. The van der Waals surface area contributed by atoms with Crippen molar-refractivity contribution >= 4 is 45.3 Å². The molecule has 0 spiro atoms. The molecule has 2 saturated heterocycles. The molecule has 2 aromatic rings. The van der Waals surface area contributed by atoms with E-state index >= 15 is 0 Å². The topological polar surface area (TPSA) is 136 Å². The second kappa shape index (κ2) is 11.0. The molecular weight excluding hydrogens is 536 g/mol. The summed E-state index contributed by atoms with van der Waals surface area (Å²) >= 11 is 5.32. The molecule has 4 rings (SSSR count). The van der Waals surface area contributed by atoms with Crippen molar-refractivity contribution in [3.63, 3.8) is 0 Å². The summed E-state index contributed by atoms with van der Waals surface area (Å²) in [6.07, 6.45) is 0.308. The van der Waals surface area contributed by atoms with Gasteiger partial charge in [0.2, 0.25) is 11.8 Å². The molecule has 12 heteroatoms. The van der Waals surface area contributed by atoms with Crippen LogP contribution < -0.4 is 5.32 Å². The van der Waals surface area contributed by atoms with Gasteiger partial charge in [-0.25, -0.2) is 18.0 Å². The number of sulfone groups is 1. The standard InChI is InChI=1S/C26H25ClN2O8S/c1-26(13-8-14-36-25(33)28-19(30)16-27)23(29-20(31)15-21(29)38(26,34)35)24(32)37-22(17-9-4-2-5-10-17)18-11-6-3-7-12-18/h2-13,21-23H,14-16H2,1H3,(H,28,30,33)/b13-8+/t21-,23+,26+/m1/s1. The van der Waals surface area contributed by atoms with Gasteiger partial charge in [-0.15, -0.1) is 11.6 Å². The molecule has 2 aliphatic heterocycles. The van der Waals surface area contributed by atoms with Crippen LogP contribution >= 0.6 is 11.6 Å². The largest absolute Gasteiger partial charge is 0.451 e. The summed E-state index contributed by atoms with van der Waals surface area (Å²) in [7, 11) is -4.05. The lowest BCUT2D eigenvalue weighted by molar-refractivity contribution is -0.163. The number of imide groups is 1. The smallest absolute Gasteiger partial charge is 0.414 e. The van der Waals surface area contributed by atoms with E-state index in [1.165, 1.54) is 19.1 Å². The summed E-state index contributed by atoms with van der Waals surface area (Å²) in [5.74, 6) is -2.57. The predicted molar refractivity (Wildman–Crippen MR) is 137 cm³/mol. The quantitative estimate of drug-likeness (QED) is 0.225. The first kappa shape index (κ1) is 27.3. The minimum atomic E-state index is -4.05. The van der Waals surface area contributed by atoms with Crippen LogP contribution in [0.25, 0.3) is 0 Å². The fourth-order valence-electron chi connectivity index (χ4n) is 4.58. The monoisotopic (exact) mass is 560 g/mol. The zero-order valence-corrected chi connectivity index (χ0v) is 21.9. The van der Waals surface area contributed by atoms with Gasteiger partial charge in [0, 0.05) is 0 Å². The van der Waals surface area contributed by atoms with E-state index in [1.54, 1.807) is 48.5 Å². The molecule has 2 aromatic carbocycles. The third-order valence-electron chi connectivity index (χ3n) is 6.52.